The monoisotopic (exact) mass is 354 g/mol. The van der Waals surface area contributed by atoms with Crippen molar-refractivity contribution in [3.8, 4) is 11.5 Å². The van der Waals surface area contributed by atoms with Gasteiger partial charge in [-0.05, 0) is 35.4 Å². The lowest BCUT2D eigenvalue weighted by atomic mass is 9.77. The van der Waals surface area contributed by atoms with Crippen LogP contribution in [0.2, 0.25) is 10.0 Å². The highest BCUT2D eigenvalue weighted by atomic mass is 35.5. The summed E-state index contributed by atoms with van der Waals surface area (Å²) < 4.78 is 0. The van der Waals surface area contributed by atoms with Crippen LogP contribution in [0.15, 0.2) is 24.3 Å². The molecule has 6 N–H and O–H groups in total. The van der Waals surface area contributed by atoms with Crippen LogP contribution in [0, 0.1) is 0 Å². The molecule has 0 saturated carbocycles. The van der Waals surface area contributed by atoms with Gasteiger partial charge in [0.05, 0.1) is 10.0 Å². The summed E-state index contributed by atoms with van der Waals surface area (Å²) in [5.41, 5.74) is 13.8. The van der Waals surface area contributed by atoms with Crippen molar-refractivity contribution in [1.29, 1.82) is 0 Å². The summed E-state index contributed by atoms with van der Waals surface area (Å²) in [7, 11) is 0. The molecule has 2 aromatic rings. The molecular formula is C17H20Cl2N2O2. The number of benzene rings is 2. The summed E-state index contributed by atoms with van der Waals surface area (Å²) in [4.78, 5) is 0. The highest BCUT2D eigenvalue weighted by Crippen LogP contribution is 2.40. The second kappa shape index (κ2) is 6.57. The first-order valence-electron chi connectivity index (χ1n) is 7.16. The highest BCUT2D eigenvalue weighted by molar-refractivity contribution is 6.32. The van der Waals surface area contributed by atoms with E-state index in [1.165, 1.54) is 0 Å². The Balaban J connectivity index is 2.63. The minimum atomic E-state index is -0.470. The summed E-state index contributed by atoms with van der Waals surface area (Å²) in [6.45, 7) is 4.36. The molecule has 0 bridgehead atoms. The van der Waals surface area contributed by atoms with Crippen molar-refractivity contribution < 1.29 is 10.2 Å². The fourth-order valence-electron chi connectivity index (χ4n) is 2.51. The Morgan fingerprint density at radius 3 is 1.48 bits per heavy atom. The van der Waals surface area contributed by atoms with Gasteiger partial charge in [0.2, 0.25) is 0 Å². The Labute approximate surface area is 145 Å². The molecule has 0 fully saturated rings. The number of nitrogens with two attached hydrogens (primary N) is 2. The maximum atomic E-state index is 9.94. The third-order valence-electron chi connectivity index (χ3n) is 4.17. The van der Waals surface area contributed by atoms with Crippen LogP contribution >= 0.6 is 23.2 Å². The Hall–Kier alpha value is -1.46. The lowest BCUT2D eigenvalue weighted by Crippen LogP contribution is -2.20. The number of phenolic OH excluding ortho intramolecular Hbond substituents is 2. The fourth-order valence-corrected chi connectivity index (χ4v) is 2.99. The first kappa shape index (κ1) is 17.9. The van der Waals surface area contributed by atoms with Gasteiger partial charge in [-0.25, -0.2) is 0 Å². The number of aromatic hydroxyl groups is 2. The molecular weight excluding hydrogens is 335 g/mol. The average molecular weight is 355 g/mol. The second-order valence-electron chi connectivity index (χ2n) is 5.96. The normalized spacial score (nSPS) is 11.7. The van der Waals surface area contributed by atoms with E-state index in [0.717, 1.165) is 11.1 Å². The van der Waals surface area contributed by atoms with E-state index in [-0.39, 0.29) is 34.6 Å². The molecule has 0 unspecified atom stereocenters. The maximum absolute atomic E-state index is 9.94. The minimum absolute atomic E-state index is 0.0000948. The molecule has 124 valence electrons. The maximum Gasteiger partial charge on any atom is 0.138 e. The van der Waals surface area contributed by atoms with E-state index in [1.807, 2.05) is 26.0 Å². The molecule has 4 nitrogen and oxygen atoms in total. The summed E-state index contributed by atoms with van der Waals surface area (Å²) in [6, 6.07) is 7.06. The molecule has 6 heteroatoms. The van der Waals surface area contributed by atoms with Gasteiger partial charge in [-0.2, -0.15) is 0 Å². The predicted molar refractivity (Wildman–Crippen MR) is 94.1 cm³/mol. The highest BCUT2D eigenvalue weighted by Gasteiger charge is 2.27. The summed E-state index contributed by atoms with van der Waals surface area (Å²) in [6.07, 6.45) is 0. The van der Waals surface area contributed by atoms with Crippen LogP contribution in [0.3, 0.4) is 0 Å². The van der Waals surface area contributed by atoms with Crippen LogP contribution in [-0.2, 0) is 18.5 Å². The van der Waals surface area contributed by atoms with Gasteiger partial charge in [0.25, 0.3) is 0 Å². The van der Waals surface area contributed by atoms with Gasteiger partial charge >= 0.3 is 0 Å². The van der Waals surface area contributed by atoms with Crippen molar-refractivity contribution in [2.75, 3.05) is 0 Å². The molecule has 0 spiro atoms. The molecule has 0 radical (unpaired) electrons. The number of phenols is 2. The van der Waals surface area contributed by atoms with Crippen molar-refractivity contribution in [1.82, 2.24) is 0 Å². The van der Waals surface area contributed by atoms with Crippen LogP contribution in [0.25, 0.3) is 0 Å². The zero-order valence-electron chi connectivity index (χ0n) is 13.0. The first-order valence-corrected chi connectivity index (χ1v) is 7.91. The SMILES string of the molecule is CC(C)(c1cc(Cl)c(O)c(CN)c1)c1cc(Cl)c(O)c(CN)c1. The Bertz CT molecular complexity index is 684. The lowest BCUT2D eigenvalue weighted by molar-refractivity contribution is 0.467. The number of hydrogen-bond acceptors (Lipinski definition) is 4. The van der Waals surface area contributed by atoms with Gasteiger partial charge in [0, 0.05) is 29.6 Å². The minimum Gasteiger partial charge on any atom is -0.506 e. The van der Waals surface area contributed by atoms with Crippen molar-refractivity contribution in [2.24, 2.45) is 11.5 Å². The molecule has 23 heavy (non-hydrogen) atoms. The zero-order valence-corrected chi connectivity index (χ0v) is 14.5. The standard InChI is InChI=1S/C17H20Cl2N2O2/c1-17(2,11-3-9(7-20)15(22)13(18)5-11)12-4-10(8-21)16(23)14(19)6-12/h3-6,22-23H,7-8,20-21H2,1-2H3. The molecule has 0 amide bonds. The molecule has 0 heterocycles. The van der Waals surface area contributed by atoms with Crippen LogP contribution in [0.1, 0.15) is 36.1 Å². The van der Waals surface area contributed by atoms with Crippen LogP contribution in [-0.4, -0.2) is 10.2 Å². The summed E-state index contributed by atoms with van der Waals surface area (Å²) >= 11 is 12.2. The van der Waals surface area contributed by atoms with Crippen molar-refractivity contribution in [2.45, 2.75) is 32.4 Å². The van der Waals surface area contributed by atoms with Crippen molar-refractivity contribution >= 4 is 23.2 Å². The van der Waals surface area contributed by atoms with E-state index < -0.39 is 5.41 Å². The molecule has 2 rings (SSSR count). The van der Waals surface area contributed by atoms with Gasteiger partial charge in [-0.1, -0.05) is 37.0 Å². The molecule has 0 aromatic heterocycles. The number of rotatable bonds is 4. The molecule has 0 aliphatic heterocycles. The molecule has 0 aliphatic carbocycles. The van der Waals surface area contributed by atoms with Crippen molar-refractivity contribution in [3.05, 3.63) is 56.6 Å². The first-order chi connectivity index (χ1) is 10.7. The third kappa shape index (κ3) is 3.26. The topological polar surface area (TPSA) is 92.5 Å². The van der Waals surface area contributed by atoms with E-state index in [9.17, 15) is 10.2 Å². The molecule has 2 aromatic carbocycles. The zero-order chi connectivity index (χ0) is 17.4. The van der Waals surface area contributed by atoms with E-state index in [4.69, 9.17) is 34.7 Å². The van der Waals surface area contributed by atoms with Crippen LogP contribution in [0.4, 0.5) is 0 Å². The van der Waals surface area contributed by atoms with Gasteiger partial charge in [0.15, 0.2) is 0 Å². The van der Waals surface area contributed by atoms with E-state index >= 15 is 0 Å². The third-order valence-corrected chi connectivity index (χ3v) is 4.74. The lowest BCUT2D eigenvalue weighted by Gasteiger charge is -2.28. The summed E-state index contributed by atoms with van der Waals surface area (Å²) in [5, 5.41) is 20.4. The van der Waals surface area contributed by atoms with E-state index in [2.05, 4.69) is 0 Å². The second-order valence-corrected chi connectivity index (χ2v) is 6.78. The van der Waals surface area contributed by atoms with Crippen LogP contribution < -0.4 is 11.5 Å². The Morgan fingerprint density at radius 1 is 0.826 bits per heavy atom. The summed E-state index contributed by atoms with van der Waals surface area (Å²) in [5.74, 6) is 0.000190. The number of hydrogen-bond donors (Lipinski definition) is 4. The van der Waals surface area contributed by atoms with E-state index in [0.29, 0.717) is 11.1 Å². The van der Waals surface area contributed by atoms with Crippen molar-refractivity contribution in [3.63, 3.8) is 0 Å². The molecule has 0 saturated heterocycles. The van der Waals surface area contributed by atoms with Gasteiger partial charge in [-0.3, -0.25) is 0 Å². The number of halogens is 2. The van der Waals surface area contributed by atoms with Gasteiger partial charge in [0.1, 0.15) is 11.5 Å². The Morgan fingerprint density at radius 2 is 1.17 bits per heavy atom. The Kier molecular flexibility index (Phi) is 5.11. The van der Waals surface area contributed by atoms with E-state index in [1.54, 1.807) is 12.1 Å². The predicted octanol–water partition coefficient (Wildman–Crippen LogP) is 3.65. The molecule has 0 atom stereocenters. The van der Waals surface area contributed by atoms with Crippen LogP contribution in [0.5, 0.6) is 11.5 Å². The molecule has 0 aliphatic rings. The smallest absolute Gasteiger partial charge is 0.138 e. The quantitative estimate of drug-likeness (QED) is 0.674. The average Bonchev–Trinajstić information content (AvgIpc) is 2.52. The fraction of sp³-hybridized carbons (Fsp3) is 0.294. The van der Waals surface area contributed by atoms with Gasteiger partial charge < -0.3 is 21.7 Å². The largest absolute Gasteiger partial charge is 0.506 e. The van der Waals surface area contributed by atoms with Gasteiger partial charge in [-0.15, -0.1) is 0 Å².